The number of halogens is 7. The van der Waals surface area contributed by atoms with Crippen LogP contribution in [0.1, 0.15) is 28.1 Å². The first-order valence-electron chi connectivity index (χ1n) is 19.8. The maximum absolute atomic E-state index is 14.8. The predicted molar refractivity (Wildman–Crippen MR) is 233 cm³/mol. The van der Waals surface area contributed by atoms with Crippen molar-refractivity contribution in [2.45, 2.75) is 26.2 Å². The van der Waals surface area contributed by atoms with Crippen LogP contribution >= 0.6 is 0 Å². The molecule has 0 saturated heterocycles. The van der Waals surface area contributed by atoms with Gasteiger partial charge in [-0.25, -0.2) is 4.39 Å². The molecule has 10 aromatic rings. The number of aromatic nitrogens is 3. The number of rotatable bonds is 5. The Bertz CT molecular complexity index is 3530. The number of fused-ring (bicyclic) bond motifs is 6. The Labute approximate surface area is 355 Å². The van der Waals surface area contributed by atoms with Crippen molar-refractivity contribution in [3.63, 3.8) is 0 Å². The molecule has 308 valence electrons. The van der Waals surface area contributed by atoms with E-state index in [9.17, 15) is 36.0 Å². The lowest BCUT2D eigenvalue weighted by molar-refractivity contribution is -0.138. The standard InChI is InChI=1S/C52H31F7N4/c1-29-18-34(19-30(2)61-29)36-25-49(62-45-12-5-3-10-40(45)42-16-14-32(23-47(42)62)31-8-7-9-37(20-31)51(54,55)56)44(28-60)50(26-36)63-46-13-6-4-11-41(46)43-17-15-33(24-48(43)63)35-21-38(52(57,58)59)27-39(53)22-35/h3-27H,1-2H3. The van der Waals surface area contributed by atoms with E-state index in [-0.39, 0.29) is 11.1 Å². The van der Waals surface area contributed by atoms with Gasteiger partial charge in [0.2, 0.25) is 0 Å². The quantitative estimate of drug-likeness (QED) is 0.162. The number of pyridine rings is 1. The molecule has 63 heavy (non-hydrogen) atoms. The van der Waals surface area contributed by atoms with Crippen LogP contribution < -0.4 is 0 Å². The van der Waals surface area contributed by atoms with Crippen LogP contribution in [0.15, 0.2) is 152 Å². The van der Waals surface area contributed by atoms with Gasteiger partial charge in [0.15, 0.2) is 0 Å². The van der Waals surface area contributed by atoms with Crippen LogP contribution in [-0.2, 0) is 12.4 Å². The number of nitriles is 1. The molecule has 11 heteroatoms. The van der Waals surface area contributed by atoms with E-state index in [0.29, 0.717) is 50.7 Å². The fraction of sp³-hybridized carbons (Fsp3) is 0.0769. The number of benzene rings is 7. The van der Waals surface area contributed by atoms with Crippen LogP contribution in [0.3, 0.4) is 0 Å². The summed E-state index contributed by atoms with van der Waals surface area (Å²) in [5, 5.41) is 14.6. The van der Waals surface area contributed by atoms with E-state index in [2.05, 4.69) is 11.1 Å². The minimum atomic E-state index is -4.78. The second-order valence-corrected chi connectivity index (χ2v) is 15.6. The molecule has 7 aromatic carbocycles. The van der Waals surface area contributed by atoms with Gasteiger partial charge < -0.3 is 9.13 Å². The highest BCUT2D eigenvalue weighted by Crippen LogP contribution is 2.43. The Morgan fingerprint density at radius 2 is 0.905 bits per heavy atom. The Hall–Kier alpha value is -7.71. The van der Waals surface area contributed by atoms with Crippen LogP contribution in [-0.4, -0.2) is 14.1 Å². The van der Waals surface area contributed by atoms with Crippen molar-refractivity contribution in [1.29, 1.82) is 5.26 Å². The minimum Gasteiger partial charge on any atom is -0.308 e. The van der Waals surface area contributed by atoms with Crippen molar-refractivity contribution in [1.82, 2.24) is 14.1 Å². The molecule has 0 amide bonds. The number of aryl methyl sites for hydroxylation is 2. The summed E-state index contributed by atoms with van der Waals surface area (Å²) in [7, 11) is 0. The van der Waals surface area contributed by atoms with Crippen LogP contribution in [0.4, 0.5) is 30.7 Å². The summed E-state index contributed by atoms with van der Waals surface area (Å²) in [6.07, 6.45) is -9.33. The van der Waals surface area contributed by atoms with E-state index >= 15 is 0 Å². The molecule has 0 unspecified atom stereocenters. The lowest BCUT2D eigenvalue weighted by atomic mass is 9.99. The van der Waals surface area contributed by atoms with E-state index in [1.54, 1.807) is 30.3 Å². The van der Waals surface area contributed by atoms with Crippen molar-refractivity contribution in [2.24, 2.45) is 0 Å². The van der Waals surface area contributed by atoms with E-state index in [1.807, 2.05) is 108 Å². The lowest BCUT2D eigenvalue weighted by Gasteiger charge is -2.19. The van der Waals surface area contributed by atoms with Gasteiger partial charge >= 0.3 is 12.4 Å². The van der Waals surface area contributed by atoms with E-state index < -0.39 is 29.3 Å². The third-order valence-corrected chi connectivity index (χ3v) is 11.5. The SMILES string of the molecule is Cc1cc(-c2cc(-n3c4ccccc4c4ccc(-c5cccc(C(F)(F)F)c5)cc43)c(C#N)c(-n3c4ccccc4c4ccc(-c5cc(F)cc(C(F)(F)F)c5)cc43)c2)cc(C)n1. The van der Waals surface area contributed by atoms with Crippen molar-refractivity contribution >= 4 is 43.6 Å². The second-order valence-electron chi connectivity index (χ2n) is 15.6. The molecule has 0 bridgehead atoms. The minimum absolute atomic E-state index is 0.0283. The molecular weight excluding hydrogens is 814 g/mol. The second kappa shape index (κ2) is 14.5. The first-order chi connectivity index (χ1) is 30.2. The van der Waals surface area contributed by atoms with Crippen LogP contribution in [0.2, 0.25) is 0 Å². The third-order valence-electron chi connectivity index (χ3n) is 11.5. The van der Waals surface area contributed by atoms with Gasteiger partial charge in [-0.15, -0.1) is 0 Å². The Morgan fingerprint density at radius 3 is 1.44 bits per heavy atom. The van der Waals surface area contributed by atoms with Gasteiger partial charge in [-0.3, -0.25) is 4.98 Å². The molecule has 0 fully saturated rings. The van der Waals surface area contributed by atoms with Gasteiger partial charge in [-0.2, -0.15) is 31.6 Å². The zero-order valence-corrected chi connectivity index (χ0v) is 33.4. The van der Waals surface area contributed by atoms with E-state index in [4.69, 9.17) is 0 Å². The lowest BCUT2D eigenvalue weighted by Crippen LogP contribution is -2.06. The maximum atomic E-state index is 14.8. The molecule has 0 radical (unpaired) electrons. The molecular formula is C52H31F7N4. The number of hydrogen-bond donors (Lipinski definition) is 0. The number of hydrogen-bond acceptors (Lipinski definition) is 2. The van der Waals surface area contributed by atoms with Crippen LogP contribution in [0.5, 0.6) is 0 Å². The summed E-state index contributed by atoms with van der Waals surface area (Å²) >= 11 is 0. The summed E-state index contributed by atoms with van der Waals surface area (Å²) < 4.78 is 102. The molecule has 0 N–H and O–H groups in total. The molecule has 10 rings (SSSR count). The Balaban J connectivity index is 1.31. The number of nitrogens with zero attached hydrogens (tertiary/aromatic N) is 4. The zero-order chi connectivity index (χ0) is 43.9. The van der Waals surface area contributed by atoms with E-state index in [1.165, 1.54) is 6.07 Å². The van der Waals surface area contributed by atoms with Gasteiger partial charge in [-0.1, -0.05) is 72.8 Å². The summed E-state index contributed by atoms with van der Waals surface area (Å²) in [5.41, 5.74) is 6.22. The predicted octanol–water partition coefficient (Wildman–Crippen LogP) is 14.9. The van der Waals surface area contributed by atoms with Crippen LogP contribution in [0, 0.1) is 31.0 Å². The number of alkyl halides is 6. The molecule has 3 heterocycles. The largest absolute Gasteiger partial charge is 0.416 e. The van der Waals surface area contributed by atoms with Crippen molar-refractivity contribution in [3.8, 4) is 50.8 Å². The van der Waals surface area contributed by atoms with Gasteiger partial charge in [0.1, 0.15) is 17.4 Å². The fourth-order valence-electron chi connectivity index (χ4n) is 8.86. The smallest absolute Gasteiger partial charge is 0.308 e. The molecule has 0 aliphatic heterocycles. The fourth-order valence-corrected chi connectivity index (χ4v) is 8.86. The molecule has 4 nitrogen and oxygen atoms in total. The highest BCUT2D eigenvalue weighted by atomic mass is 19.4. The first kappa shape index (κ1) is 39.4. The highest BCUT2D eigenvalue weighted by molar-refractivity contribution is 6.12. The van der Waals surface area contributed by atoms with E-state index in [0.717, 1.165) is 73.8 Å². The third kappa shape index (κ3) is 6.75. The highest BCUT2D eigenvalue weighted by Gasteiger charge is 2.32. The summed E-state index contributed by atoms with van der Waals surface area (Å²) in [6, 6.07) is 43.6. The monoisotopic (exact) mass is 844 g/mol. The molecule has 0 atom stereocenters. The van der Waals surface area contributed by atoms with Crippen molar-refractivity contribution in [3.05, 3.63) is 186 Å². The Kier molecular flexibility index (Phi) is 9.04. The summed E-state index contributed by atoms with van der Waals surface area (Å²) in [5.74, 6) is -1.03. The maximum Gasteiger partial charge on any atom is 0.416 e. The average Bonchev–Trinajstić information content (AvgIpc) is 3.77. The van der Waals surface area contributed by atoms with Gasteiger partial charge in [0.05, 0.1) is 44.6 Å². The zero-order valence-electron chi connectivity index (χ0n) is 33.4. The molecule has 0 spiro atoms. The van der Waals surface area contributed by atoms with Gasteiger partial charge in [0, 0.05) is 32.9 Å². The first-order valence-corrected chi connectivity index (χ1v) is 19.8. The average molecular weight is 845 g/mol. The normalized spacial score (nSPS) is 12.2. The summed E-state index contributed by atoms with van der Waals surface area (Å²) in [6.45, 7) is 3.77. The Morgan fingerprint density at radius 1 is 0.444 bits per heavy atom. The van der Waals surface area contributed by atoms with Crippen LogP contribution in [0.25, 0.3) is 88.4 Å². The summed E-state index contributed by atoms with van der Waals surface area (Å²) in [4.78, 5) is 4.60. The number of para-hydroxylation sites is 2. The molecule has 0 aliphatic rings. The topological polar surface area (TPSA) is 46.5 Å². The molecule has 0 aliphatic carbocycles. The van der Waals surface area contributed by atoms with Gasteiger partial charge in [0.25, 0.3) is 0 Å². The molecule has 3 aromatic heterocycles. The van der Waals surface area contributed by atoms with Crippen molar-refractivity contribution in [2.75, 3.05) is 0 Å². The van der Waals surface area contributed by atoms with Crippen molar-refractivity contribution < 1.29 is 30.7 Å². The molecule has 0 saturated carbocycles. The van der Waals surface area contributed by atoms with Gasteiger partial charge in [-0.05, 0) is 126 Å².